The van der Waals surface area contributed by atoms with Crippen molar-refractivity contribution in [1.29, 1.82) is 0 Å². The third-order valence-corrected chi connectivity index (χ3v) is 7.09. The average Bonchev–Trinajstić information content (AvgIpc) is 3.26. The molecule has 0 radical (unpaired) electrons. The lowest BCUT2D eigenvalue weighted by Gasteiger charge is -2.32. The smallest absolute Gasteiger partial charge is 0.306 e. The van der Waals surface area contributed by atoms with E-state index in [1.54, 1.807) is 6.20 Å². The van der Waals surface area contributed by atoms with Gasteiger partial charge in [0.2, 0.25) is 11.8 Å². The van der Waals surface area contributed by atoms with Gasteiger partial charge in [0.05, 0.1) is 24.1 Å². The number of halogens is 1. The van der Waals surface area contributed by atoms with Gasteiger partial charge in [-0.15, -0.1) is 11.3 Å². The second-order valence-electron chi connectivity index (χ2n) is 7.94. The Balaban J connectivity index is 1.56. The molecule has 32 heavy (non-hydrogen) atoms. The summed E-state index contributed by atoms with van der Waals surface area (Å²) in [5.74, 6) is -0.546. The lowest BCUT2D eigenvalue weighted by molar-refractivity contribution is -0.145. The number of carboxylic acids is 1. The standard InChI is InChI=1S/C22H23ClN4O4S/c1-12-7-14(9-15(8-12)26-21-25-10-16(23)18(27-21)31-2)17-11-24-20(32-17)22(30)5-3-13(4-6-22)19(28)29/h7-11,13,30H,3-6H2,1-2H3,(H,28,29)(H,25,26,27). The van der Waals surface area contributed by atoms with Crippen LogP contribution in [0.5, 0.6) is 5.88 Å². The molecule has 1 aliphatic carbocycles. The fourth-order valence-corrected chi connectivity index (χ4v) is 5.08. The van der Waals surface area contributed by atoms with Crippen molar-refractivity contribution in [2.24, 2.45) is 5.92 Å². The lowest BCUT2D eigenvalue weighted by atomic mass is 9.79. The van der Waals surface area contributed by atoms with Crippen LogP contribution in [0.25, 0.3) is 10.4 Å². The van der Waals surface area contributed by atoms with Crippen molar-refractivity contribution in [1.82, 2.24) is 15.0 Å². The summed E-state index contributed by atoms with van der Waals surface area (Å²) in [7, 11) is 1.49. The number of thiazole rings is 1. The van der Waals surface area contributed by atoms with Gasteiger partial charge in [-0.1, -0.05) is 17.7 Å². The zero-order valence-electron chi connectivity index (χ0n) is 17.6. The Morgan fingerprint density at radius 3 is 2.69 bits per heavy atom. The Kier molecular flexibility index (Phi) is 6.32. The van der Waals surface area contributed by atoms with Crippen molar-refractivity contribution in [3.8, 4) is 16.3 Å². The van der Waals surface area contributed by atoms with Gasteiger partial charge in [0.15, 0.2) is 0 Å². The van der Waals surface area contributed by atoms with E-state index in [-0.39, 0.29) is 5.88 Å². The van der Waals surface area contributed by atoms with Crippen LogP contribution in [-0.2, 0) is 10.4 Å². The first-order chi connectivity index (χ1) is 15.3. The number of aromatic nitrogens is 3. The Morgan fingerprint density at radius 1 is 1.25 bits per heavy atom. The third kappa shape index (κ3) is 4.69. The molecular weight excluding hydrogens is 452 g/mol. The molecule has 168 valence electrons. The van der Waals surface area contributed by atoms with E-state index in [1.807, 2.05) is 25.1 Å². The van der Waals surface area contributed by atoms with Gasteiger partial charge in [-0.3, -0.25) is 4.79 Å². The minimum absolute atomic E-state index is 0.287. The summed E-state index contributed by atoms with van der Waals surface area (Å²) >= 11 is 7.43. The molecule has 0 spiro atoms. The number of hydrogen-bond acceptors (Lipinski definition) is 8. The van der Waals surface area contributed by atoms with Crippen molar-refractivity contribution in [3.63, 3.8) is 0 Å². The topological polar surface area (TPSA) is 117 Å². The van der Waals surface area contributed by atoms with Crippen molar-refractivity contribution in [2.45, 2.75) is 38.2 Å². The van der Waals surface area contributed by atoms with Crippen LogP contribution in [0, 0.1) is 12.8 Å². The second kappa shape index (κ2) is 9.01. The van der Waals surface area contributed by atoms with Crippen LogP contribution < -0.4 is 10.1 Å². The van der Waals surface area contributed by atoms with Gasteiger partial charge >= 0.3 is 5.97 Å². The number of rotatable bonds is 6. The fourth-order valence-electron chi connectivity index (χ4n) is 3.86. The number of aliphatic carboxylic acids is 1. The minimum Gasteiger partial charge on any atom is -0.481 e. The van der Waals surface area contributed by atoms with Crippen molar-refractivity contribution in [3.05, 3.63) is 46.2 Å². The van der Waals surface area contributed by atoms with Crippen LogP contribution in [-0.4, -0.2) is 38.2 Å². The number of aryl methyl sites for hydroxylation is 1. The van der Waals surface area contributed by atoms with Crippen molar-refractivity contribution >= 4 is 40.5 Å². The van der Waals surface area contributed by atoms with Gasteiger partial charge in [-0.05, 0) is 55.9 Å². The van der Waals surface area contributed by atoms with E-state index in [4.69, 9.17) is 16.3 Å². The molecule has 1 aromatic carbocycles. The highest BCUT2D eigenvalue weighted by Gasteiger charge is 2.39. The Morgan fingerprint density at radius 2 is 2.00 bits per heavy atom. The molecule has 0 bridgehead atoms. The van der Waals surface area contributed by atoms with Gasteiger partial charge < -0.3 is 20.3 Å². The van der Waals surface area contributed by atoms with Gasteiger partial charge in [-0.25, -0.2) is 9.97 Å². The molecule has 0 aliphatic heterocycles. The molecular formula is C22H23ClN4O4S. The predicted octanol–water partition coefficient (Wildman–Crippen LogP) is 4.78. The number of aliphatic hydroxyl groups is 1. The van der Waals surface area contributed by atoms with E-state index in [9.17, 15) is 15.0 Å². The largest absolute Gasteiger partial charge is 0.481 e. The second-order valence-corrected chi connectivity index (χ2v) is 9.38. The highest BCUT2D eigenvalue weighted by Crippen LogP contribution is 2.43. The van der Waals surface area contributed by atoms with E-state index in [1.165, 1.54) is 24.6 Å². The summed E-state index contributed by atoms with van der Waals surface area (Å²) in [6.45, 7) is 1.99. The number of carbonyl (C=O) groups is 1. The van der Waals surface area contributed by atoms with Crippen molar-refractivity contribution < 1.29 is 19.7 Å². The first kappa shape index (κ1) is 22.4. The van der Waals surface area contributed by atoms with E-state index >= 15 is 0 Å². The summed E-state index contributed by atoms with van der Waals surface area (Å²) in [6.07, 6.45) is 4.91. The van der Waals surface area contributed by atoms with Gasteiger partial charge in [-0.2, -0.15) is 4.98 Å². The molecule has 1 aliphatic rings. The highest BCUT2D eigenvalue weighted by atomic mass is 35.5. The maximum absolute atomic E-state index is 11.2. The molecule has 2 aromatic heterocycles. The number of carboxylic acid groups (broad SMARTS) is 1. The SMILES string of the molecule is COc1nc(Nc2cc(C)cc(-c3cnc(C4(O)CCC(C(=O)O)CC4)s3)c2)ncc1Cl. The van der Waals surface area contributed by atoms with Crippen LogP contribution in [0.1, 0.15) is 36.3 Å². The maximum Gasteiger partial charge on any atom is 0.306 e. The van der Waals surface area contributed by atoms with Crippen LogP contribution in [0.2, 0.25) is 5.02 Å². The van der Waals surface area contributed by atoms with E-state index in [0.717, 1.165) is 21.7 Å². The molecule has 8 nitrogen and oxygen atoms in total. The number of anilines is 2. The Labute approximate surface area is 194 Å². The molecule has 1 saturated carbocycles. The summed E-state index contributed by atoms with van der Waals surface area (Å²) in [5.41, 5.74) is 1.69. The van der Waals surface area contributed by atoms with Crippen LogP contribution in [0.3, 0.4) is 0 Å². The number of hydrogen-bond donors (Lipinski definition) is 3. The zero-order chi connectivity index (χ0) is 22.9. The van der Waals surface area contributed by atoms with E-state index in [2.05, 4.69) is 20.3 Å². The van der Waals surface area contributed by atoms with Gasteiger partial charge in [0.1, 0.15) is 15.6 Å². The lowest BCUT2D eigenvalue weighted by Crippen LogP contribution is -2.33. The molecule has 3 N–H and O–H groups in total. The van der Waals surface area contributed by atoms with Gasteiger partial charge in [0, 0.05) is 11.9 Å². The molecule has 0 unspecified atom stereocenters. The molecule has 4 rings (SSSR count). The van der Waals surface area contributed by atoms with Crippen LogP contribution in [0.15, 0.2) is 30.6 Å². The van der Waals surface area contributed by atoms with Gasteiger partial charge in [0.25, 0.3) is 0 Å². The van der Waals surface area contributed by atoms with E-state index in [0.29, 0.717) is 41.7 Å². The summed E-state index contributed by atoms with van der Waals surface area (Å²) in [4.78, 5) is 25.0. The number of nitrogens with zero attached hydrogens (tertiary/aromatic N) is 3. The third-order valence-electron chi connectivity index (χ3n) is 5.59. The maximum atomic E-state index is 11.2. The molecule has 10 heteroatoms. The van der Waals surface area contributed by atoms with E-state index < -0.39 is 17.5 Å². The molecule has 3 aromatic rings. The number of methoxy groups -OCH3 is 1. The summed E-state index contributed by atoms with van der Waals surface area (Å²) in [5, 5.41) is 24.4. The molecule has 0 atom stereocenters. The van der Waals surface area contributed by atoms with Crippen LogP contribution >= 0.6 is 22.9 Å². The number of benzene rings is 1. The first-order valence-electron chi connectivity index (χ1n) is 10.1. The highest BCUT2D eigenvalue weighted by molar-refractivity contribution is 7.15. The van der Waals surface area contributed by atoms with Crippen molar-refractivity contribution in [2.75, 3.05) is 12.4 Å². The zero-order valence-corrected chi connectivity index (χ0v) is 19.2. The number of ether oxygens (including phenoxy) is 1. The quantitative estimate of drug-likeness (QED) is 0.467. The summed E-state index contributed by atoms with van der Waals surface area (Å²) in [6, 6.07) is 5.97. The number of nitrogens with one attached hydrogen (secondary N) is 1. The first-order valence-corrected chi connectivity index (χ1v) is 11.3. The molecule has 0 saturated heterocycles. The Bertz CT molecular complexity index is 1140. The molecule has 2 heterocycles. The predicted molar refractivity (Wildman–Crippen MR) is 123 cm³/mol. The minimum atomic E-state index is -1.08. The monoisotopic (exact) mass is 474 g/mol. The molecule has 1 fully saturated rings. The summed E-state index contributed by atoms with van der Waals surface area (Å²) < 4.78 is 5.14. The Hall–Kier alpha value is -2.75. The fraction of sp³-hybridized carbons (Fsp3) is 0.364. The average molecular weight is 475 g/mol. The normalized spacial score (nSPS) is 20.7. The van der Waals surface area contributed by atoms with Crippen LogP contribution in [0.4, 0.5) is 11.6 Å². The molecule has 0 amide bonds.